The number of urea groups is 1. The number of fused-ring (bicyclic) bond motifs is 2. The van der Waals surface area contributed by atoms with Crippen molar-refractivity contribution in [3.05, 3.63) is 40.6 Å². The van der Waals surface area contributed by atoms with Gasteiger partial charge in [-0.2, -0.15) is 5.10 Å². The minimum Gasteiger partial charge on any atom is -0.307 e. The highest BCUT2D eigenvalue weighted by atomic mass is 32.2. The summed E-state index contributed by atoms with van der Waals surface area (Å²) in [5.74, 6) is 0. The van der Waals surface area contributed by atoms with Gasteiger partial charge >= 0.3 is 6.03 Å². The van der Waals surface area contributed by atoms with E-state index in [1.165, 1.54) is 47.0 Å². The average molecular weight is 328 g/mol. The molecule has 0 atom stereocenters. The van der Waals surface area contributed by atoms with Crippen molar-refractivity contribution in [1.82, 2.24) is 14.5 Å². The molecule has 0 spiro atoms. The fourth-order valence-corrected chi connectivity index (χ4v) is 4.20. The van der Waals surface area contributed by atoms with Gasteiger partial charge in [0.15, 0.2) is 0 Å². The van der Waals surface area contributed by atoms with Crippen molar-refractivity contribution in [2.45, 2.75) is 43.6 Å². The van der Waals surface area contributed by atoms with Crippen LogP contribution >= 0.6 is 11.9 Å². The minimum absolute atomic E-state index is 0.171. The quantitative estimate of drug-likeness (QED) is 0.851. The number of nitrogens with zero attached hydrogens (tertiary/aromatic N) is 2. The molecule has 4 rings (SSSR count). The van der Waals surface area contributed by atoms with E-state index in [9.17, 15) is 4.79 Å². The van der Waals surface area contributed by atoms with Gasteiger partial charge in [0.2, 0.25) is 0 Å². The summed E-state index contributed by atoms with van der Waals surface area (Å²) < 4.78 is 4.56. The lowest BCUT2D eigenvalue weighted by atomic mass is 9.99. The molecule has 23 heavy (non-hydrogen) atoms. The molecule has 1 aromatic heterocycles. The fraction of sp³-hybridized carbons (Fsp3) is 0.412. The second-order valence-electron chi connectivity index (χ2n) is 6.22. The Morgan fingerprint density at radius 1 is 1.17 bits per heavy atom. The van der Waals surface area contributed by atoms with E-state index < -0.39 is 0 Å². The Bertz CT molecular complexity index is 736. The molecule has 0 saturated carbocycles. The monoisotopic (exact) mass is 328 g/mol. The van der Waals surface area contributed by atoms with Crippen LogP contribution in [-0.4, -0.2) is 15.8 Å². The molecule has 120 valence electrons. The largest absolute Gasteiger partial charge is 0.329 e. The molecule has 0 bridgehead atoms. The van der Waals surface area contributed by atoms with Crippen LogP contribution in [0.5, 0.6) is 0 Å². The summed E-state index contributed by atoms with van der Waals surface area (Å²) in [5.41, 5.74) is 6.63. The summed E-state index contributed by atoms with van der Waals surface area (Å²) in [6, 6.07) is 4.08. The number of carbonyl (C=O) groups is 1. The highest BCUT2D eigenvalue weighted by Crippen LogP contribution is 2.38. The van der Waals surface area contributed by atoms with Crippen LogP contribution in [0.25, 0.3) is 0 Å². The van der Waals surface area contributed by atoms with Crippen LogP contribution < -0.4 is 10.0 Å². The number of nitrogens with one attached hydrogen (secondary N) is 2. The average Bonchev–Trinajstić information content (AvgIpc) is 3.24. The Morgan fingerprint density at radius 3 is 2.48 bits per heavy atom. The lowest BCUT2D eigenvalue weighted by Gasteiger charge is -2.16. The maximum absolute atomic E-state index is 12.3. The van der Waals surface area contributed by atoms with Gasteiger partial charge in [0.1, 0.15) is 5.03 Å². The lowest BCUT2D eigenvalue weighted by Crippen LogP contribution is -2.24. The molecule has 5 nitrogen and oxygen atoms in total. The molecule has 0 unspecified atom stereocenters. The number of benzene rings is 1. The smallest absolute Gasteiger partial charge is 0.307 e. The first-order chi connectivity index (χ1) is 11.2. The van der Waals surface area contributed by atoms with Crippen molar-refractivity contribution >= 4 is 23.7 Å². The first-order valence-electron chi connectivity index (χ1n) is 8.10. The summed E-state index contributed by atoms with van der Waals surface area (Å²) in [7, 11) is 1.86. The molecule has 0 saturated heterocycles. The maximum Gasteiger partial charge on any atom is 0.329 e. The van der Waals surface area contributed by atoms with Crippen molar-refractivity contribution in [1.29, 1.82) is 0 Å². The molecule has 0 radical (unpaired) electrons. The normalized spacial score (nSPS) is 15.3. The number of anilines is 1. The van der Waals surface area contributed by atoms with Crippen molar-refractivity contribution in [3.8, 4) is 0 Å². The number of hydrogen-bond acceptors (Lipinski definition) is 3. The second-order valence-corrected chi connectivity index (χ2v) is 7.05. The first-order valence-corrected chi connectivity index (χ1v) is 8.92. The Morgan fingerprint density at radius 2 is 1.87 bits per heavy atom. The van der Waals surface area contributed by atoms with E-state index in [0.29, 0.717) is 0 Å². The molecule has 1 aromatic carbocycles. The molecule has 2 aliphatic carbocycles. The van der Waals surface area contributed by atoms with E-state index in [-0.39, 0.29) is 6.03 Å². The number of aromatic nitrogens is 2. The van der Waals surface area contributed by atoms with Gasteiger partial charge in [-0.05, 0) is 66.8 Å². The number of amides is 2. The molecule has 6 heteroatoms. The van der Waals surface area contributed by atoms with Gasteiger partial charge in [0.25, 0.3) is 0 Å². The van der Waals surface area contributed by atoms with E-state index in [2.05, 4.69) is 21.2 Å². The van der Waals surface area contributed by atoms with Gasteiger partial charge in [-0.3, -0.25) is 9.40 Å². The summed E-state index contributed by atoms with van der Waals surface area (Å²) in [4.78, 5) is 12.3. The van der Waals surface area contributed by atoms with Crippen molar-refractivity contribution in [2.24, 2.45) is 7.05 Å². The summed E-state index contributed by atoms with van der Waals surface area (Å²) in [6.07, 6.45) is 8.67. The number of aryl methyl sites for hydroxylation is 3. The molecule has 0 aliphatic heterocycles. The molecule has 2 aliphatic rings. The highest BCUT2D eigenvalue weighted by Gasteiger charge is 2.24. The maximum atomic E-state index is 12.3. The van der Waals surface area contributed by atoms with Crippen molar-refractivity contribution < 1.29 is 4.79 Å². The van der Waals surface area contributed by atoms with E-state index in [1.54, 1.807) is 4.68 Å². The van der Waals surface area contributed by atoms with Crippen LogP contribution in [0.2, 0.25) is 0 Å². The summed E-state index contributed by atoms with van der Waals surface area (Å²) in [6.45, 7) is 0. The zero-order valence-electron chi connectivity index (χ0n) is 13.2. The predicted molar refractivity (Wildman–Crippen MR) is 91.7 cm³/mol. The SMILES string of the molecule is Cn1ccc(SNC(=O)Nc2c3c(cc4c2CCC4)CCC3)n1. The van der Waals surface area contributed by atoms with E-state index in [0.717, 1.165) is 36.4 Å². The molecular weight excluding hydrogens is 308 g/mol. The predicted octanol–water partition coefficient (Wildman–Crippen LogP) is 3.23. The minimum atomic E-state index is -0.171. The van der Waals surface area contributed by atoms with Gasteiger partial charge < -0.3 is 5.32 Å². The number of carbonyl (C=O) groups excluding carboxylic acids is 1. The van der Waals surface area contributed by atoms with Crippen LogP contribution in [0.3, 0.4) is 0 Å². The van der Waals surface area contributed by atoms with Gasteiger partial charge in [0, 0.05) is 30.9 Å². The van der Waals surface area contributed by atoms with Crippen LogP contribution in [-0.2, 0) is 32.7 Å². The summed E-state index contributed by atoms with van der Waals surface area (Å²) in [5, 5.41) is 8.14. The second kappa shape index (κ2) is 5.92. The van der Waals surface area contributed by atoms with Gasteiger partial charge in [-0.15, -0.1) is 0 Å². The Labute approximate surface area is 140 Å². The number of rotatable bonds is 3. The lowest BCUT2D eigenvalue weighted by molar-refractivity contribution is 0.257. The van der Waals surface area contributed by atoms with Crippen LogP contribution in [0.4, 0.5) is 10.5 Å². The zero-order valence-corrected chi connectivity index (χ0v) is 14.0. The topological polar surface area (TPSA) is 59.0 Å². The third-order valence-corrected chi connectivity index (χ3v) is 5.36. The third-order valence-electron chi connectivity index (χ3n) is 4.65. The molecule has 2 amide bonds. The molecular formula is C17H20N4OS. The van der Waals surface area contributed by atoms with E-state index in [4.69, 9.17) is 0 Å². The van der Waals surface area contributed by atoms with Gasteiger partial charge in [0.05, 0.1) is 0 Å². The first kappa shape index (κ1) is 14.6. The third kappa shape index (κ3) is 2.83. The summed E-state index contributed by atoms with van der Waals surface area (Å²) >= 11 is 1.24. The van der Waals surface area contributed by atoms with E-state index in [1.807, 2.05) is 19.3 Å². The van der Waals surface area contributed by atoms with Crippen LogP contribution in [0, 0.1) is 0 Å². The molecule has 2 N–H and O–H groups in total. The molecule has 0 fully saturated rings. The van der Waals surface area contributed by atoms with Crippen LogP contribution in [0.15, 0.2) is 23.4 Å². The molecule has 1 heterocycles. The Kier molecular flexibility index (Phi) is 3.77. The van der Waals surface area contributed by atoms with Gasteiger partial charge in [-0.25, -0.2) is 4.79 Å². The highest BCUT2D eigenvalue weighted by molar-refractivity contribution is 7.97. The fourth-order valence-electron chi connectivity index (χ4n) is 3.65. The van der Waals surface area contributed by atoms with E-state index >= 15 is 0 Å². The van der Waals surface area contributed by atoms with Crippen LogP contribution in [0.1, 0.15) is 35.1 Å². The number of hydrogen-bond donors (Lipinski definition) is 2. The van der Waals surface area contributed by atoms with Crippen molar-refractivity contribution in [2.75, 3.05) is 5.32 Å². The Hall–Kier alpha value is -1.95. The zero-order chi connectivity index (χ0) is 15.8. The van der Waals surface area contributed by atoms with Crippen molar-refractivity contribution in [3.63, 3.8) is 0 Å². The molecule has 2 aromatic rings. The standard InChI is InChI=1S/C17H20N4OS/c1-21-9-8-15(19-21)23-20-17(22)18-16-13-6-2-4-11(13)10-12-5-3-7-14(12)16/h8-10H,2-7H2,1H3,(H2,18,20,22). The Balaban J connectivity index is 1.51. The van der Waals surface area contributed by atoms with Gasteiger partial charge in [-0.1, -0.05) is 6.07 Å².